The van der Waals surface area contributed by atoms with Gasteiger partial charge in [0.05, 0.1) is 7.11 Å². The molecule has 0 atom stereocenters. The summed E-state index contributed by atoms with van der Waals surface area (Å²) < 4.78 is 5.19. The lowest BCUT2D eigenvalue weighted by atomic mass is 9.78. The molecule has 1 aliphatic rings. The predicted octanol–water partition coefficient (Wildman–Crippen LogP) is 6.17. The maximum absolute atomic E-state index is 13.4. The van der Waals surface area contributed by atoms with Gasteiger partial charge in [0.2, 0.25) is 0 Å². The van der Waals surface area contributed by atoms with Crippen LogP contribution >= 0.6 is 0 Å². The third-order valence-electron chi connectivity index (χ3n) is 5.68. The fraction of sp³-hybridized carbons (Fsp3) is 0.185. The molecule has 0 saturated heterocycles. The van der Waals surface area contributed by atoms with Crippen LogP contribution in [0.15, 0.2) is 72.8 Å². The van der Waals surface area contributed by atoms with E-state index in [0.717, 1.165) is 28.3 Å². The molecule has 0 saturated carbocycles. The van der Waals surface area contributed by atoms with E-state index >= 15 is 0 Å². The van der Waals surface area contributed by atoms with Crippen LogP contribution < -0.4 is 10.1 Å². The normalized spacial score (nSPS) is 14.7. The predicted molar refractivity (Wildman–Crippen MR) is 127 cm³/mol. The standard InChI is InChI=1S/C27H25NO4/c1-27(2)14-6-8-18(16-27)24-20-9-5-4-7-17(20)10-12-22(24)25(29)28-19-11-13-21(26(30)31)23(15-19)32-3/h4-15H,16H2,1-3H3,(H,28,29)(H,30,31). The number of hydrogen-bond acceptors (Lipinski definition) is 3. The molecule has 1 amide bonds. The molecular weight excluding hydrogens is 402 g/mol. The van der Waals surface area contributed by atoms with Crippen molar-refractivity contribution in [2.24, 2.45) is 5.41 Å². The van der Waals surface area contributed by atoms with Gasteiger partial charge in [0.15, 0.2) is 0 Å². The van der Waals surface area contributed by atoms with Crippen LogP contribution in [0.4, 0.5) is 5.69 Å². The first-order valence-electron chi connectivity index (χ1n) is 10.4. The number of amides is 1. The van der Waals surface area contributed by atoms with Gasteiger partial charge in [0.25, 0.3) is 5.91 Å². The van der Waals surface area contributed by atoms with Gasteiger partial charge >= 0.3 is 5.97 Å². The third-order valence-corrected chi connectivity index (χ3v) is 5.68. The van der Waals surface area contributed by atoms with Crippen LogP contribution in [0.1, 0.15) is 46.5 Å². The van der Waals surface area contributed by atoms with Crippen molar-refractivity contribution in [3.05, 3.63) is 89.5 Å². The Hall–Kier alpha value is -3.86. The van der Waals surface area contributed by atoms with E-state index in [0.29, 0.717) is 11.3 Å². The molecule has 1 aliphatic carbocycles. The molecule has 0 heterocycles. The second-order valence-corrected chi connectivity index (χ2v) is 8.60. The number of rotatable bonds is 5. The minimum atomic E-state index is -1.09. The Morgan fingerprint density at radius 3 is 2.50 bits per heavy atom. The largest absolute Gasteiger partial charge is 0.496 e. The van der Waals surface area contributed by atoms with Crippen molar-refractivity contribution in [2.45, 2.75) is 20.3 Å². The van der Waals surface area contributed by atoms with E-state index < -0.39 is 5.97 Å². The molecule has 0 radical (unpaired) electrons. The van der Waals surface area contributed by atoms with E-state index in [1.165, 1.54) is 19.2 Å². The lowest BCUT2D eigenvalue weighted by molar-refractivity contribution is 0.0693. The van der Waals surface area contributed by atoms with Crippen molar-refractivity contribution in [1.82, 2.24) is 0 Å². The minimum absolute atomic E-state index is 0.00515. The highest BCUT2D eigenvalue weighted by Gasteiger charge is 2.24. The Kier molecular flexibility index (Phi) is 5.57. The summed E-state index contributed by atoms with van der Waals surface area (Å²) in [7, 11) is 1.40. The SMILES string of the molecule is COc1cc(NC(=O)c2ccc3ccccc3c2C2=CC=CC(C)(C)C2)ccc1C(=O)O. The summed E-state index contributed by atoms with van der Waals surface area (Å²) in [6, 6.07) is 16.4. The van der Waals surface area contributed by atoms with E-state index in [1.807, 2.05) is 36.4 Å². The highest BCUT2D eigenvalue weighted by molar-refractivity contribution is 6.12. The number of methoxy groups -OCH3 is 1. The van der Waals surface area contributed by atoms with Crippen molar-refractivity contribution in [1.29, 1.82) is 0 Å². The van der Waals surface area contributed by atoms with Crippen LogP contribution in [0.3, 0.4) is 0 Å². The zero-order valence-corrected chi connectivity index (χ0v) is 18.3. The van der Waals surface area contributed by atoms with Gasteiger partial charge in [0, 0.05) is 17.3 Å². The second-order valence-electron chi connectivity index (χ2n) is 8.60. The Morgan fingerprint density at radius 2 is 1.78 bits per heavy atom. The van der Waals surface area contributed by atoms with E-state index in [-0.39, 0.29) is 22.6 Å². The molecule has 32 heavy (non-hydrogen) atoms. The number of aromatic carboxylic acids is 1. The number of fused-ring (bicyclic) bond motifs is 1. The number of nitrogens with one attached hydrogen (secondary N) is 1. The summed E-state index contributed by atoms with van der Waals surface area (Å²) in [4.78, 5) is 24.7. The summed E-state index contributed by atoms with van der Waals surface area (Å²) in [6.45, 7) is 4.36. The number of ether oxygens (including phenoxy) is 1. The first-order valence-corrected chi connectivity index (χ1v) is 10.4. The van der Waals surface area contributed by atoms with Crippen LogP contribution in [-0.4, -0.2) is 24.1 Å². The molecule has 0 fully saturated rings. The summed E-state index contributed by atoms with van der Waals surface area (Å²) in [5.41, 5.74) is 3.11. The fourth-order valence-electron chi connectivity index (χ4n) is 4.16. The van der Waals surface area contributed by atoms with E-state index in [4.69, 9.17) is 4.74 Å². The Labute approximate surface area is 187 Å². The first kappa shape index (κ1) is 21.4. The number of carbonyl (C=O) groups is 2. The van der Waals surface area contributed by atoms with Crippen molar-refractivity contribution >= 4 is 33.9 Å². The van der Waals surface area contributed by atoms with Crippen LogP contribution in [0.2, 0.25) is 0 Å². The van der Waals surface area contributed by atoms with Crippen molar-refractivity contribution < 1.29 is 19.4 Å². The van der Waals surface area contributed by atoms with E-state index in [2.05, 4.69) is 37.4 Å². The minimum Gasteiger partial charge on any atom is -0.496 e. The first-order chi connectivity index (χ1) is 15.3. The number of carbonyl (C=O) groups excluding carboxylic acids is 1. The van der Waals surface area contributed by atoms with Gasteiger partial charge in [-0.05, 0) is 51.9 Å². The lowest BCUT2D eigenvalue weighted by Gasteiger charge is -2.27. The van der Waals surface area contributed by atoms with E-state index in [9.17, 15) is 14.7 Å². The average molecular weight is 428 g/mol. The molecule has 2 N–H and O–H groups in total. The summed E-state index contributed by atoms with van der Waals surface area (Å²) in [5, 5.41) is 14.3. The number of benzene rings is 3. The van der Waals surface area contributed by atoms with Crippen molar-refractivity contribution in [2.75, 3.05) is 12.4 Å². The molecule has 3 aromatic carbocycles. The van der Waals surface area contributed by atoms with E-state index in [1.54, 1.807) is 6.07 Å². The number of anilines is 1. The van der Waals surface area contributed by atoms with Crippen LogP contribution in [-0.2, 0) is 0 Å². The maximum Gasteiger partial charge on any atom is 0.339 e. The molecule has 4 rings (SSSR count). The Bertz CT molecular complexity index is 1280. The van der Waals surface area contributed by atoms with Crippen molar-refractivity contribution in [3.8, 4) is 5.75 Å². The van der Waals surface area contributed by atoms with Crippen molar-refractivity contribution in [3.63, 3.8) is 0 Å². The molecule has 5 heteroatoms. The number of carboxylic acids is 1. The quantitative estimate of drug-likeness (QED) is 0.511. The zero-order chi connectivity index (χ0) is 22.9. The van der Waals surface area contributed by atoms with Gasteiger partial charge in [-0.1, -0.05) is 62.4 Å². The molecule has 0 bridgehead atoms. The monoisotopic (exact) mass is 427 g/mol. The summed E-state index contributed by atoms with van der Waals surface area (Å²) in [5.74, 6) is -1.16. The Balaban J connectivity index is 1.78. The fourth-order valence-corrected chi connectivity index (χ4v) is 4.16. The Morgan fingerprint density at radius 1 is 1.03 bits per heavy atom. The number of carboxylic acid groups (broad SMARTS) is 1. The number of allylic oxidation sites excluding steroid dienone is 4. The summed E-state index contributed by atoms with van der Waals surface area (Å²) >= 11 is 0. The van der Waals surface area contributed by atoms with Crippen LogP contribution in [0.5, 0.6) is 5.75 Å². The van der Waals surface area contributed by atoms with Gasteiger partial charge in [-0.2, -0.15) is 0 Å². The second kappa shape index (κ2) is 8.35. The van der Waals surface area contributed by atoms with Gasteiger partial charge < -0.3 is 15.2 Å². The summed E-state index contributed by atoms with van der Waals surface area (Å²) in [6.07, 6.45) is 7.13. The molecule has 3 aromatic rings. The lowest BCUT2D eigenvalue weighted by Crippen LogP contribution is -2.17. The van der Waals surface area contributed by atoms with Gasteiger partial charge in [-0.3, -0.25) is 4.79 Å². The van der Waals surface area contributed by atoms with Gasteiger partial charge in [0.1, 0.15) is 11.3 Å². The zero-order valence-electron chi connectivity index (χ0n) is 18.3. The molecule has 0 aliphatic heterocycles. The molecule has 5 nitrogen and oxygen atoms in total. The molecule has 162 valence electrons. The maximum atomic E-state index is 13.4. The van der Waals surface area contributed by atoms with Crippen LogP contribution in [0, 0.1) is 5.41 Å². The molecule has 0 unspecified atom stereocenters. The number of hydrogen-bond donors (Lipinski definition) is 2. The van der Waals surface area contributed by atoms with Crippen LogP contribution in [0.25, 0.3) is 16.3 Å². The molecular formula is C27H25NO4. The molecule has 0 aromatic heterocycles. The van der Waals surface area contributed by atoms with Gasteiger partial charge in [-0.15, -0.1) is 0 Å². The molecule has 0 spiro atoms. The topological polar surface area (TPSA) is 75.6 Å². The smallest absolute Gasteiger partial charge is 0.339 e. The highest BCUT2D eigenvalue weighted by Crippen LogP contribution is 2.39. The highest BCUT2D eigenvalue weighted by atomic mass is 16.5. The average Bonchev–Trinajstić information content (AvgIpc) is 2.77. The third kappa shape index (κ3) is 4.14. The van der Waals surface area contributed by atoms with Gasteiger partial charge in [-0.25, -0.2) is 4.79 Å².